The van der Waals surface area contributed by atoms with Crippen LogP contribution in [0.15, 0.2) is 36.4 Å². The van der Waals surface area contributed by atoms with E-state index >= 15 is 0 Å². The summed E-state index contributed by atoms with van der Waals surface area (Å²) in [7, 11) is 0. The summed E-state index contributed by atoms with van der Waals surface area (Å²) in [6.45, 7) is 7.88. The Morgan fingerprint density at radius 3 is 2.00 bits per heavy atom. The van der Waals surface area contributed by atoms with Crippen molar-refractivity contribution < 1.29 is 19.7 Å². The molecule has 0 aromatic heterocycles. The molecule has 5 nitrogen and oxygen atoms in total. The third kappa shape index (κ3) is 6.30. The monoisotopic (exact) mass is 333 g/mol. The largest absolute Gasteiger partial charge is 0.508 e. The van der Waals surface area contributed by atoms with Gasteiger partial charge in [0.15, 0.2) is 0 Å². The first kappa shape index (κ1) is 21.5. The number of aromatic hydroxyl groups is 1. The van der Waals surface area contributed by atoms with Gasteiger partial charge in [-0.2, -0.15) is 0 Å². The summed E-state index contributed by atoms with van der Waals surface area (Å²) >= 11 is 0. The zero-order chi connectivity index (χ0) is 17.4. The Morgan fingerprint density at radius 2 is 1.54 bits per heavy atom. The van der Waals surface area contributed by atoms with Gasteiger partial charge in [-0.1, -0.05) is 26.0 Å². The molecule has 0 aliphatic heterocycles. The van der Waals surface area contributed by atoms with E-state index < -0.39 is 5.97 Å². The van der Waals surface area contributed by atoms with Gasteiger partial charge in [0.05, 0.1) is 0 Å². The zero-order valence-corrected chi connectivity index (χ0v) is 14.8. The highest BCUT2D eigenvalue weighted by atomic mass is 16.5. The smallest absolute Gasteiger partial charge is 0.303 e. The fourth-order valence-corrected chi connectivity index (χ4v) is 2.23. The number of ether oxygens (including phenoxy) is 1. The van der Waals surface area contributed by atoms with Crippen LogP contribution in [-0.2, 0) is 11.2 Å². The summed E-state index contributed by atoms with van der Waals surface area (Å²) in [4.78, 5) is 10.6. The molecule has 2 aromatic carbocycles. The first-order valence-electron chi connectivity index (χ1n) is 7.74. The molecule has 2 rings (SSSR count). The lowest BCUT2D eigenvalue weighted by Crippen LogP contribution is -1.99. The van der Waals surface area contributed by atoms with Gasteiger partial charge in [0.1, 0.15) is 17.2 Å². The number of carboxylic acid groups (broad SMARTS) is 1. The minimum atomic E-state index is -0.797. The van der Waals surface area contributed by atoms with E-state index in [9.17, 15) is 9.90 Å². The molecule has 0 heterocycles. The summed E-state index contributed by atoms with van der Waals surface area (Å²) in [6, 6.07) is 10.4. The maximum Gasteiger partial charge on any atom is 0.303 e. The number of carbonyl (C=O) groups is 1. The number of phenolic OH excluding ortho intramolecular Hbond substituents is 1. The SMILES string of the molecule is CC.Cc1cc(CCC(=O)O)cc(C)c1Oc1ccc(O)cc1.N. The summed E-state index contributed by atoms with van der Waals surface area (Å²) in [5.74, 6) is 0.812. The topological polar surface area (TPSA) is 102 Å². The molecule has 0 amide bonds. The van der Waals surface area contributed by atoms with Crippen molar-refractivity contribution in [2.75, 3.05) is 0 Å². The molecule has 0 fully saturated rings. The van der Waals surface area contributed by atoms with Crippen molar-refractivity contribution >= 4 is 5.97 Å². The van der Waals surface area contributed by atoms with E-state index in [0.29, 0.717) is 12.2 Å². The van der Waals surface area contributed by atoms with Crippen LogP contribution in [0.5, 0.6) is 17.2 Å². The van der Waals surface area contributed by atoms with Crippen molar-refractivity contribution in [2.45, 2.75) is 40.5 Å². The molecule has 0 aliphatic carbocycles. The number of aliphatic carboxylic acids is 1. The van der Waals surface area contributed by atoms with E-state index in [0.717, 1.165) is 22.4 Å². The predicted octanol–water partition coefficient (Wildman–Crippen LogP) is 5.01. The minimum Gasteiger partial charge on any atom is -0.508 e. The second-order valence-corrected chi connectivity index (χ2v) is 5.05. The molecule has 0 spiro atoms. The van der Waals surface area contributed by atoms with Crippen LogP contribution in [0.3, 0.4) is 0 Å². The third-order valence-electron chi connectivity index (χ3n) is 3.20. The Balaban J connectivity index is 0.00000170. The van der Waals surface area contributed by atoms with Crippen LogP contribution in [0.2, 0.25) is 0 Å². The Morgan fingerprint density at radius 1 is 1.04 bits per heavy atom. The fraction of sp³-hybridized carbons (Fsp3) is 0.316. The van der Waals surface area contributed by atoms with Crippen LogP contribution in [0.1, 0.15) is 37.0 Å². The lowest BCUT2D eigenvalue weighted by Gasteiger charge is -2.13. The van der Waals surface area contributed by atoms with E-state index in [2.05, 4.69) is 0 Å². The van der Waals surface area contributed by atoms with Gasteiger partial charge in [0.2, 0.25) is 0 Å². The lowest BCUT2D eigenvalue weighted by molar-refractivity contribution is -0.136. The first-order chi connectivity index (χ1) is 11.0. The normalized spacial score (nSPS) is 9.33. The van der Waals surface area contributed by atoms with Gasteiger partial charge in [-0.25, -0.2) is 0 Å². The van der Waals surface area contributed by atoms with Gasteiger partial charge in [-0.3, -0.25) is 4.79 Å². The van der Waals surface area contributed by atoms with E-state index in [1.54, 1.807) is 24.3 Å². The number of hydrogen-bond donors (Lipinski definition) is 3. The van der Waals surface area contributed by atoms with Gasteiger partial charge >= 0.3 is 5.97 Å². The maximum atomic E-state index is 10.6. The van der Waals surface area contributed by atoms with Crippen molar-refractivity contribution in [3.8, 4) is 17.2 Å². The van der Waals surface area contributed by atoms with Crippen molar-refractivity contribution in [1.82, 2.24) is 6.15 Å². The summed E-state index contributed by atoms with van der Waals surface area (Å²) in [6.07, 6.45) is 0.632. The molecule has 0 bridgehead atoms. The van der Waals surface area contributed by atoms with Crippen LogP contribution in [0.25, 0.3) is 0 Å². The molecule has 0 unspecified atom stereocenters. The molecule has 5 N–H and O–H groups in total. The van der Waals surface area contributed by atoms with Gasteiger partial charge < -0.3 is 21.1 Å². The van der Waals surface area contributed by atoms with E-state index in [1.807, 2.05) is 39.8 Å². The Labute approximate surface area is 143 Å². The van der Waals surface area contributed by atoms with Crippen LogP contribution < -0.4 is 10.9 Å². The Hall–Kier alpha value is -2.53. The molecule has 0 atom stereocenters. The number of aryl methyl sites for hydroxylation is 3. The van der Waals surface area contributed by atoms with Crippen LogP contribution in [-0.4, -0.2) is 16.2 Å². The second kappa shape index (κ2) is 10.3. The first-order valence-corrected chi connectivity index (χ1v) is 7.74. The molecule has 2 aromatic rings. The quantitative estimate of drug-likeness (QED) is 0.714. The molecule has 0 aliphatic rings. The minimum absolute atomic E-state index is 0. The summed E-state index contributed by atoms with van der Waals surface area (Å²) in [5.41, 5.74) is 2.91. The van der Waals surface area contributed by atoms with Gasteiger partial charge in [0.25, 0.3) is 0 Å². The third-order valence-corrected chi connectivity index (χ3v) is 3.20. The van der Waals surface area contributed by atoms with Gasteiger partial charge in [-0.15, -0.1) is 0 Å². The second-order valence-electron chi connectivity index (χ2n) is 5.05. The highest BCUT2D eigenvalue weighted by molar-refractivity contribution is 5.67. The predicted molar refractivity (Wildman–Crippen MR) is 96.4 cm³/mol. The molecule has 5 heteroatoms. The Bertz CT molecular complexity index is 628. The molecule has 0 saturated heterocycles. The number of phenols is 1. The highest BCUT2D eigenvalue weighted by Crippen LogP contribution is 2.30. The van der Waals surface area contributed by atoms with Crippen LogP contribution >= 0.6 is 0 Å². The van der Waals surface area contributed by atoms with E-state index in [1.165, 1.54) is 0 Å². The summed E-state index contributed by atoms with van der Waals surface area (Å²) < 4.78 is 5.85. The maximum absolute atomic E-state index is 10.6. The zero-order valence-electron chi connectivity index (χ0n) is 14.8. The number of hydrogen-bond acceptors (Lipinski definition) is 4. The molecular formula is C19H27NO4. The van der Waals surface area contributed by atoms with Crippen molar-refractivity contribution in [1.29, 1.82) is 0 Å². The Kier molecular flexibility index (Phi) is 9.20. The number of rotatable bonds is 5. The van der Waals surface area contributed by atoms with Gasteiger partial charge in [0, 0.05) is 6.42 Å². The average molecular weight is 333 g/mol. The average Bonchev–Trinajstić information content (AvgIpc) is 2.52. The van der Waals surface area contributed by atoms with Crippen LogP contribution in [0.4, 0.5) is 0 Å². The summed E-state index contributed by atoms with van der Waals surface area (Å²) in [5, 5.41) is 18.0. The van der Waals surface area contributed by atoms with Gasteiger partial charge in [-0.05, 0) is 61.2 Å². The molecule has 132 valence electrons. The molecular weight excluding hydrogens is 306 g/mol. The number of carboxylic acids is 1. The van der Waals surface area contributed by atoms with Crippen molar-refractivity contribution in [3.63, 3.8) is 0 Å². The molecule has 24 heavy (non-hydrogen) atoms. The van der Waals surface area contributed by atoms with Crippen molar-refractivity contribution in [2.24, 2.45) is 0 Å². The van der Waals surface area contributed by atoms with E-state index in [4.69, 9.17) is 9.84 Å². The van der Waals surface area contributed by atoms with Crippen molar-refractivity contribution in [3.05, 3.63) is 53.1 Å². The fourth-order valence-electron chi connectivity index (χ4n) is 2.23. The standard InChI is InChI=1S/C17H18O4.C2H6.H3N/c1-11-9-13(3-8-16(19)20)10-12(2)17(11)21-15-6-4-14(18)5-7-15;1-2;/h4-7,9-10,18H,3,8H2,1-2H3,(H,19,20);1-2H3;1H3. The molecule has 0 saturated carbocycles. The van der Waals surface area contributed by atoms with Crippen LogP contribution in [0, 0.1) is 13.8 Å². The van der Waals surface area contributed by atoms with E-state index in [-0.39, 0.29) is 18.3 Å². The molecule has 0 radical (unpaired) electrons. The number of benzene rings is 2. The lowest BCUT2D eigenvalue weighted by atomic mass is 10.0. The highest BCUT2D eigenvalue weighted by Gasteiger charge is 2.09.